The largest absolute Gasteiger partial charge is 0.496 e. The van der Waals surface area contributed by atoms with Crippen molar-refractivity contribution in [3.63, 3.8) is 0 Å². The summed E-state index contributed by atoms with van der Waals surface area (Å²) < 4.78 is 5.40. The second-order valence-electron chi connectivity index (χ2n) is 7.28. The van der Waals surface area contributed by atoms with Crippen LogP contribution in [0.3, 0.4) is 0 Å². The first-order chi connectivity index (χ1) is 12.4. The molecule has 0 saturated carbocycles. The summed E-state index contributed by atoms with van der Waals surface area (Å²) in [6.45, 7) is 4.21. The Morgan fingerprint density at radius 1 is 1.15 bits per heavy atom. The number of para-hydroxylation sites is 1. The van der Waals surface area contributed by atoms with Crippen LogP contribution in [0.4, 0.5) is 11.4 Å². The number of benzene rings is 2. The number of methoxy groups -OCH3 is 1. The Balaban J connectivity index is 1.77. The summed E-state index contributed by atoms with van der Waals surface area (Å²) in [5, 5.41) is 3.33. The second kappa shape index (κ2) is 7.46. The standard InChI is InChI=1S/C21H24N2O2S/c1-21(2)12-14(10-15(24)13-21)23-18-9-8-16(11-17(18)22)26-20-7-5-4-6-19(20)25-3/h4-11,23H,12-13,22H2,1-3H3. The SMILES string of the molecule is COc1ccccc1Sc1ccc(NC2=CC(=O)CC(C)(C)C2)c(N)c1. The quantitative estimate of drug-likeness (QED) is 0.718. The van der Waals surface area contributed by atoms with Crippen LogP contribution in [0.1, 0.15) is 26.7 Å². The molecule has 0 aliphatic heterocycles. The zero-order valence-electron chi connectivity index (χ0n) is 15.3. The van der Waals surface area contributed by atoms with Gasteiger partial charge in [0.1, 0.15) is 5.75 Å². The molecule has 0 heterocycles. The van der Waals surface area contributed by atoms with E-state index < -0.39 is 0 Å². The van der Waals surface area contributed by atoms with E-state index in [0.29, 0.717) is 12.1 Å². The number of allylic oxidation sites excluding steroid dienone is 2. The van der Waals surface area contributed by atoms with E-state index in [-0.39, 0.29) is 11.2 Å². The molecular formula is C21H24N2O2S. The number of rotatable bonds is 5. The maximum absolute atomic E-state index is 11.9. The van der Waals surface area contributed by atoms with Crippen molar-refractivity contribution in [3.8, 4) is 5.75 Å². The minimum atomic E-state index is -0.0252. The lowest BCUT2D eigenvalue weighted by Gasteiger charge is -2.29. The van der Waals surface area contributed by atoms with Gasteiger partial charge in [-0.25, -0.2) is 0 Å². The molecule has 3 rings (SSSR count). The van der Waals surface area contributed by atoms with E-state index in [1.165, 1.54) is 0 Å². The lowest BCUT2D eigenvalue weighted by molar-refractivity contribution is -0.117. The normalized spacial score (nSPS) is 16.1. The maximum Gasteiger partial charge on any atom is 0.157 e. The number of hydrogen-bond acceptors (Lipinski definition) is 5. The van der Waals surface area contributed by atoms with Gasteiger partial charge < -0.3 is 15.8 Å². The highest BCUT2D eigenvalue weighted by atomic mass is 32.2. The Kier molecular flexibility index (Phi) is 5.28. The van der Waals surface area contributed by atoms with Gasteiger partial charge in [0.25, 0.3) is 0 Å². The predicted octanol–water partition coefficient (Wildman–Crippen LogP) is 5.11. The van der Waals surface area contributed by atoms with Gasteiger partial charge in [0.2, 0.25) is 0 Å². The highest BCUT2D eigenvalue weighted by Gasteiger charge is 2.27. The molecule has 26 heavy (non-hydrogen) atoms. The van der Waals surface area contributed by atoms with Crippen molar-refractivity contribution >= 4 is 28.9 Å². The van der Waals surface area contributed by atoms with Gasteiger partial charge in [0, 0.05) is 23.1 Å². The van der Waals surface area contributed by atoms with E-state index in [4.69, 9.17) is 10.5 Å². The third-order valence-corrected chi connectivity index (χ3v) is 5.32. The Labute approximate surface area is 158 Å². The summed E-state index contributed by atoms with van der Waals surface area (Å²) in [5.74, 6) is 0.997. The number of nitrogen functional groups attached to an aromatic ring is 1. The van der Waals surface area contributed by atoms with E-state index in [1.807, 2.05) is 42.5 Å². The van der Waals surface area contributed by atoms with E-state index in [0.717, 1.165) is 33.3 Å². The van der Waals surface area contributed by atoms with E-state index in [9.17, 15) is 4.79 Å². The molecule has 1 aliphatic rings. The molecule has 0 saturated heterocycles. The minimum absolute atomic E-state index is 0.0252. The van der Waals surface area contributed by atoms with Crippen molar-refractivity contribution in [1.82, 2.24) is 0 Å². The van der Waals surface area contributed by atoms with Crippen LogP contribution in [-0.4, -0.2) is 12.9 Å². The molecule has 0 aromatic heterocycles. The third-order valence-electron chi connectivity index (χ3n) is 4.27. The van der Waals surface area contributed by atoms with E-state index in [2.05, 4.69) is 19.2 Å². The first kappa shape index (κ1) is 18.4. The van der Waals surface area contributed by atoms with Crippen LogP contribution in [0.25, 0.3) is 0 Å². The summed E-state index contributed by atoms with van der Waals surface area (Å²) in [5.41, 5.74) is 8.62. The van der Waals surface area contributed by atoms with Crippen molar-refractivity contribution in [1.29, 1.82) is 0 Å². The lowest BCUT2D eigenvalue weighted by Crippen LogP contribution is -2.24. The minimum Gasteiger partial charge on any atom is -0.496 e. The molecule has 1 aliphatic carbocycles. The smallest absolute Gasteiger partial charge is 0.157 e. The third kappa shape index (κ3) is 4.41. The Morgan fingerprint density at radius 3 is 2.62 bits per heavy atom. The van der Waals surface area contributed by atoms with Crippen molar-refractivity contribution < 1.29 is 9.53 Å². The molecule has 0 amide bonds. The van der Waals surface area contributed by atoms with Crippen LogP contribution in [0.15, 0.2) is 64.0 Å². The fourth-order valence-electron chi connectivity index (χ4n) is 3.15. The van der Waals surface area contributed by atoms with Gasteiger partial charge >= 0.3 is 0 Å². The molecule has 0 atom stereocenters. The summed E-state index contributed by atoms with van der Waals surface area (Å²) in [7, 11) is 1.67. The fourth-order valence-corrected chi connectivity index (χ4v) is 4.12. The molecule has 0 fully saturated rings. The zero-order valence-corrected chi connectivity index (χ0v) is 16.2. The summed E-state index contributed by atoms with van der Waals surface area (Å²) in [6, 6.07) is 13.8. The van der Waals surface area contributed by atoms with Crippen LogP contribution in [-0.2, 0) is 4.79 Å². The molecule has 4 nitrogen and oxygen atoms in total. The predicted molar refractivity (Wildman–Crippen MR) is 108 cm³/mol. The topological polar surface area (TPSA) is 64.3 Å². The molecule has 5 heteroatoms. The van der Waals surface area contributed by atoms with E-state index >= 15 is 0 Å². The van der Waals surface area contributed by atoms with Crippen molar-refractivity contribution in [2.45, 2.75) is 36.5 Å². The average Bonchev–Trinajstić information content (AvgIpc) is 2.56. The molecule has 0 unspecified atom stereocenters. The van der Waals surface area contributed by atoms with Crippen LogP contribution >= 0.6 is 11.8 Å². The average molecular weight is 369 g/mol. The van der Waals surface area contributed by atoms with Gasteiger partial charge in [-0.1, -0.05) is 37.7 Å². The summed E-state index contributed by atoms with van der Waals surface area (Å²) >= 11 is 1.61. The van der Waals surface area contributed by atoms with Gasteiger partial charge in [-0.3, -0.25) is 4.79 Å². The molecule has 0 bridgehead atoms. The highest BCUT2D eigenvalue weighted by molar-refractivity contribution is 7.99. The molecule has 3 N–H and O–H groups in total. The number of anilines is 2. The van der Waals surface area contributed by atoms with Crippen molar-refractivity contribution in [2.24, 2.45) is 5.41 Å². The van der Waals surface area contributed by atoms with Crippen molar-refractivity contribution in [2.75, 3.05) is 18.2 Å². The van der Waals surface area contributed by atoms with Crippen LogP contribution < -0.4 is 15.8 Å². The molecule has 2 aromatic carbocycles. The Hall–Kier alpha value is -2.40. The molecule has 2 aromatic rings. The molecule has 136 valence electrons. The molecular weight excluding hydrogens is 344 g/mol. The number of nitrogens with one attached hydrogen (secondary N) is 1. The number of carbonyl (C=O) groups excluding carboxylic acids is 1. The van der Waals surface area contributed by atoms with Crippen LogP contribution in [0, 0.1) is 5.41 Å². The van der Waals surface area contributed by atoms with Gasteiger partial charge in [-0.2, -0.15) is 0 Å². The van der Waals surface area contributed by atoms with Crippen LogP contribution in [0.5, 0.6) is 5.75 Å². The molecule has 0 radical (unpaired) electrons. The van der Waals surface area contributed by atoms with E-state index in [1.54, 1.807) is 24.9 Å². The number of hydrogen-bond donors (Lipinski definition) is 2. The Bertz CT molecular complexity index is 859. The number of nitrogens with two attached hydrogens (primary N) is 1. The fraction of sp³-hybridized carbons (Fsp3) is 0.286. The first-order valence-electron chi connectivity index (χ1n) is 8.57. The molecule has 0 spiro atoms. The van der Waals surface area contributed by atoms with Crippen molar-refractivity contribution in [3.05, 3.63) is 54.2 Å². The highest BCUT2D eigenvalue weighted by Crippen LogP contribution is 2.38. The monoisotopic (exact) mass is 368 g/mol. The van der Waals surface area contributed by atoms with Gasteiger partial charge in [-0.15, -0.1) is 0 Å². The summed E-state index contributed by atoms with van der Waals surface area (Å²) in [4.78, 5) is 14.0. The van der Waals surface area contributed by atoms with Gasteiger partial charge in [0.15, 0.2) is 5.78 Å². The van der Waals surface area contributed by atoms with Crippen LogP contribution in [0.2, 0.25) is 0 Å². The van der Waals surface area contributed by atoms with Gasteiger partial charge in [-0.05, 0) is 42.2 Å². The maximum atomic E-state index is 11.9. The lowest BCUT2D eigenvalue weighted by atomic mass is 9.79. The van der Waals surface area contributed by atoms with Gasteiger partial charge in [0.05, 0.1) is 23.4 Å². The second-order valence-corrected chi connectivity index (χ2v) is 8.40. The number of ether oxygens (including phenoxy) is 1. The number of ketones is 1. The number of carbonyl (C=O) groups is 1. The first-order valence-corrected chi connectivity index (χ1v) is 9.39. The summed E-state index contributed by atoms with van der Waals surface area (Å²) in [6.07, 6.45) is 3.11. The zero-order chi connectivity index (χ0) is 18.7. The Morgan fingerprint density at radius 2 is 1.92 bits per heavy atom.